The zero-order chi connectivity index (χ0) is 22.9. The summed E-state index contributed by atoms with van der Waals surface area (Å²) in [6.45, 7) is 0.754. The Bertz CT molecular complexity index is 1040. The van der Waals surface area contributed by atoms with Crippen molar-refractivity contribution in [2.75, 3.05) is 30.9 Å². The van der Waals surface area contributed by atoms with Crippen molar-refractivity contribution in [2.45, 2.75) is 25.7 Å². The molecule has 166 valence electrons. The third kappa shape index (κ3) is 6.91. The Hall–Kier alpha value is -3.74. The van der Waals surface area contributed by atoms with Gasteiger partial charge in [0.2, 0.25) is 5.95 Å². The number of nitrogens with one attached hydrogen (secondary N) is 2. The molecule has 0 fully saturated rings. The van der Waals surface area contributed by atoms with E-state index in [1.165, 1.54) is 11.3 Å². The molecule has 0 saturated heterocycles. The van der Waals surface area contributed by atoms with E-state index in [4.69, 9.17) is 11.1 Å². The van der Waals surface area contributed by atoms with E-state index < -0.39 is 0 Å². The van der Waals surface area contributed by atoms with Crippen molar-refractivity contribution in [1.82, 2.24) is 9.97 Å². The number of rotatable bonds is 11. The van der Waals surface area contributed by atoms with Crippen LogP contribution in [-0.4, -0.2) is 42.2 Å². The van der Waals surface area contributed by atoms with Crippen molar-refractivity contribution in [3.05, 3.63) is 72.1 Å². The summed E-state index contributed by atoms with van der Waals surface area (Å²) >= 11 is 0. The minimum atomic E-state index is -0.0863. The predicted octanol–water partition coefficient (Wildman–Crippen LogP) is 3.69. The van der Waals surface area contributed by atoms with Crippen LogP contribution in [0.3, 0.4) is 0 Å². The fourth-order valence-corrected chi connectivity index (χ4v) is 3.34. The number of ketones is 1. The first-order valence-electron chi connectivity index (χ1n) is 10.7. The average molecular weight is 431 g/mol. The van der Waals surface area contributed by atoms with Crippen LogP contribution < -0.4 is 16.0 Å². The molecule has 0 aliphatic carbocycles. The fraction of sp³-hybridized carbons (Fsp3) is 0.280. The number of amidine groups is 1. The second-order valence-corrected chi connectivity index (χ2v) is 7.97. The maximum absolute atomic E-state index is 11.8. The highest BCUT2D eigenvalue weighted by atomic mass is 16.1. The summed E-state index contributed by atoms with van der Waals surface area (Å²) in [4.78, 5) is 22.8. The van der Waals surface area contributed by atoms with Crippen LogP contribution in [0.15, 0.2) is 60.9 Å². The Balaban J connectivity index is 1.52. The molecule has 1 heterocycles. The van der Waals surface area contributed by atoms with Gasteiger partial charge in [-0.15, -0.1) is 0 Å². The highest BCUT2D eigenvalue weighted by Crippen LogP contribution is 2.20. The van der Waals surface area contributed by atoms with Gasteiger partial charge in [-0.25, -0.2) is 9.97 Å². The molecule has 0 amide bonds. The summed E-state index contributed by atoms with van der Waals surface area (Å²) < 4.78 is 0. The number of benzene rings is 2. The number of aromatic nitrogens is 2. The van der Waals surface area contributed by atoms with Crippen LogP contribution in [0.25, 0.3) is 11.1 Å². The average Bonchev–Trinajstić information content (AvgIpc) is 2.78. The second kappa shape index (κ2) is 11.0. The van der Waals surface area contributed by atoms with Crippen molar-refractivity contribution in [2.24, 2.45) is 5.73 Å². The van der Waals surface area contributed by atoms with Gasteiger partial charge in [-0.05, 0) is 41.7 Å². The highest BCUT2D eigenvalue weighted by Gasteiger charge is 2.06. The van der Waals surface area contributed by atoms with Gasteiger partial charge in [0.1, 0.15) is 5.78 Å². The maximum Gasteiger partial charge on any atom is 0.222 e. The van der Waals surface area contributed by atoms with E-state index in [-0.39, 0.29) is 18.0 Å². The molecular formula is C25H30N6O. The predicted molar refractivity (Wildman–Crippen MR) is 130 cm³/mol. The van der Waals surface area contributed by atoms with Gasteiger partial charge in [-0.1, -0.05) is 36.4 Å². The first-order chi connectivity index (χ1) is 15.4. The Morgan fingerprint density at radius 1 is 1.00 bits per heavy atom. The number of carbonyl (C=O) groups excluding carboxylic acids is 1. The molecule has 7 nitrogen and oxygen atoms in total. The Kier molecular flexibility index (Phi) is 7.91. The third-order valence-electron chi connectivity index (χ3n) is 5.14. The lowest BCUT2D eigenvalue weighted by molar-refractivity contribution is -0.117. The maximum atomic E-state index is 11.8. The molecule has 0 aliphatic heterocycles. The van der Waals surface area contributed by atoms with Gasteiger partial charge in [0, 0.05) is 50.7 Å². The van der Waals surface area contributed by atoms with Crippen LogP contribution in [0.4, 0.5) is 11.6 Å². The first kappa shape index (κ1) is 22.9. The number of aryl methyl sites for hydroxylation is 1. The number of anilines is 2. The minimum absolute atomic E-state index is 0.0172. The fourth-order valence-electron chi connectivity index (χ4n) is 3.34. The molecule has 1 aromatic heterocycles. The minimum Gasteiger partial charge on any atom is -0.387 e. The number of hydrogen-bond acceptors (Lipinski definition) is 6. The summed E-state index contributed by atoms with van der Waals surface area (Å²) in [5.74, 6) is 0.497. The van der Waals surface area contributed by atoms with Crippen LogP contribution in [-0.2, 0) is 17.6 Å². The van der Waals surface area contributed by atoms with Gasteiger partial charge in [0.15, 0.2) is 0 Å². The van der Waals surface area contributed by atoms with E-state index in [0.29, 0.717) is 18.8 Å². The number of carbonyl (C=O) groups is 1. The Morgan fingerprint density at radius 2 is 1.72 bits per heavy atom. The van der Waals surface area contributed by atoms with Gasteiger partial charge >= 0.3 is 0 Å². The molecule has 0 unspecified atom stereocenters. The quantitative estimate of drug-likeness (QED) is 0.316. The topological polar surface area (TPSA) is 108 Å². The Morgan fingerprint density at radius 3 is 2.38 bits per heavy atom. The molecule has 2 aromatic carbocycles. The second-order valence-electron chi connectivity index (χ2n) is 7.97. The molecule has 0 spiro atoms. The van der Waals surface area contributed by atoms with Gasteiger partial charge < -0.3 is 16.0 Å². The summed E-state index contributed by atoms with van der Waals surface area (Å²) in [6.07, 6.45) is 5.52. The lowest BCUT2D eigenvalue weighted by atomic mass is 10.0. The van der Waals surface area contributed by atoms with Crippen LogP contribution in [0.1, 0.15) is 24.0 Å². The Labute approximate surface area is 189 Å². The molecule has 0 bridgehead atoms. The summed E-state index contributed by atoms with van der Waals surface area (Å²) in [5, 5.41) is 10.5. The van der Waals surface area contributed by atoms with Crippen molar-refractivity contribution in [3.8, 4) is 11.1 Å². The number of hydrogen-bond donors (Lipinski definition) is 3. The normalized spacial score (nSPS) is 10.6. The number of nitrogens with zero attached hydrogens (tertiary/aromatic N) is 3. The highest BCUT2D eigenvalue weighted by molar-refractivity contribution is 5.98. The van der Waals surface area contributed by atoms with E-state index in [2.05, 4.69) is 44.5 Å². The molecule has 3 aromatic rings. The number of Topliss-reactive ketones (excluding diaryl/α,β-unsaturated/α-hetero) is 1. The van der Waals surface area contributed by atoms with Crippen LogP contribution in [0, 0.1) is 5.41 Å². The van der Waals surface area contributed by atoms with Crippen molar-refractivity contribution >= 4 is 23.3 Å². The van der Waals surface area contributed by atoms with Gasteiger partial charge in [0.05, 0.1) is 12.3 Å². The molecule has 3 rings (SSSR count). The van der Waals surface area contributed by atoms with Gasteiger partial charge in [0.25, 0.3) is 0 Å². The molecule has 0 radical (unpaired) electrons. The van der Waals surface area contributed by atoms with Crippen LogP contribution in [0.2, 0.25) is 0 Å². The van der Waals surface area contributed by atoms with E-state index >= 15 is 0 Å². The molecule has 7 heteroatoms. The summed E-state index contributed by atoms with van der Waals surface area (Å²) in [6, 6.07) is 16.5. The summed E-state index contributed by atoms with van der Waals surface area (Å²) in [7, 11) is 4.07. The lowest BCUT2D eigenvalue weighted by Crippen LogP contribution is -2.15. The van der Waals surface area contributed by atoms with Crippen molar-refractivity contribution in [3.63, 3.8) is 0 Å². The van der Waals surface area contributed by atoms with Crippen LogP contribution in [0.5, 0.6) is 0 Å². The zero-order valence-electron chi connectivity index (χ0n) is 18.6. The first-order valence-corrected chi connectivity index (χ1v) is 10.7. The molecule has 0 aliphatic rings. The van der Waals surface area contributed by atoms with E-state index in [0.717, 1.165) is 29.7 Å². The van der Waals surface area contributed by atoms with Crippen molar-refractivity contribution < 1.29 is 4.79 Å². The van der Waals surface area contributed by atoms with Gasteiger partial charge in [-0.3, -0.25) is 10.2 Å². The monoisotopic (exact) mass is 430 g/mol. The molecular weight excluding hydrogens is 400 g/mol. The zero-order valence-corrected chi connectivity index (χ0v) is 18.6. The third-order valence-corrected chi connectivity index (χ3v) is 5.14. The molecule has 32 heavy (non-hydrogen) atoms. The standard InChI is InChI=1S/C25H30N6O/c1-31(2)22-9-6-18(7-10-22)12-13-28-25-29-16-21(17-30-25)20-5-3-4-19(14-20)8-11-23(32)15-24(26)27/h3-7,9-10,14,16-17H,8,11-13,15H2,1-2H3,(H3,26,27)(H,28,29,30). The van der Waals surface area contributed by atoms with E-state index in [9.17, 15) is 4.79 Å². The molecule has 0 saturated carbocycles. The van der Waals surface area contributed by atoms with Crippen LogP contribution >= 0.6 is 0 Å². The SMILES string of the molecule is CN(C)c1ccc(CCNc2ncc(-c3cccc(CCC(=O)CC(=N)N)c3)cn2)cc1. The number of nitrogens with two attached hydrogens (primary N) is 1. The van der Waals surface area contributed by atoms with Crippen molar-refractivity contribution in [1.29, 1.82) is 5.41 Å². The summed E-state index contributed by atoms with van der Waals surface area (Å²) in [5.41, 5.74) is 10.7. The van der Waals surface area contributed by atoms with Gasteiger partial charge in [-0.2, -0.15) is 0 Å². The largest absolute Gasteiger partial charge is 0.387 e. The lowest BCUT2D eigenvalue weighted by Gasteiger charge is -2.12. The van der Waals surface area contributed by atoms with E-state index in [1.807, 2.05) is 38.4 Å². The molecule has 0 atom stereocenters. The molecule has 4 N–H and O–H groups in total. The van der Waals surface area contributed by atoms with E-state index in [1.54, 1.807) is 12.4 Å². The smallest absolute Gasteiger partial charge is 0.222 e.